The van der Waals surface area contributed by atoms with Gasteiger partial charge < -0.3 is 9.67 Å². The number of aromatic nitrogens is 3. The maximum Gasteiger partial charge on any atom is 0.269 e. The van der Waals surface area contributed by atoms with E-state index in [-0.39, 0.29) is 5.69 Å². The molecule has 0 unspecified atom stereocenters. The van der Waals surface area contributed by atoms with E-state index in [9.17, 15) is 15.2 Å². The molecule has 0 bridgehead atoms. The number of nitrogens with zero attached hydrogens (tertiary/aromatic N) is 4. The molecule has 1 fully saturated rings. The fourth-order valence-corrected chi connectivity index (χ4v) is 3.29. The Bertz CT molecular complexity index is 682. The molecule has 3 rings (SSSR count). The van der Waals surface area contributed by atoms with E-state index < -0.39 is 11.0 Å². The lowest BCUT2D eigenvalue weighted by Gasteiger charge is -2.11. The van der Waals surface area contributed by atoms with E-state index in [2.05, 4.69) is 14.8 Å². The van der Waals surface area contributed by atoms with Gasteiger partial charge in [-0.25, -0.2) is 0 Å². The molecule has 1 N–H and O–H groups in total. The summed E-state index contributed by atoms with van der Waals surface area (Å²) in [4.78, 5) is 10.2. The van der Waals surface area contributed by atoms with Crippen molar-refractivity contribution in [3.63, 3.8) is 0 Å². The van der Waals surface area contributed by atoms with Crippen LogP contribution in [0.3, 0.4) is 0 Å². The van der Waals surface area contributed by atoms with Gasteiger partial charge in [-0.05, 0) is 37.5 Å². The van der Waals surface area contributed by atoms with Crippen molar-refractivity contribution in [1.82, 2.24) is 14.8 Å². The Labute approximate surface area is 131 Å². The standard InChI is InChI=1S/C14H16N4O3S/c1-9-15-16-14(17(9)11-6-7-11)22-8-13(19)10-2-4-12(5-3-10)18(20)21/h2-5,11,13,19H,6-8H2,1H3/t13-/m0/s1. The number of aliphatic hydroxyl groups is 1. The first-order valence-corrected chi connectivity index (χ1v) is 8.01. The Hall–Kier alpha value is -1.93. The molecule has 0 spiro atoms. The van der Waals surface area contributed by atoms with Gasteiger partial charge in [-0.2, -0.15) is 0 Å². The molecular formula is C14H16N4O3S. The average Bonchev–Trinajstić information content (AvgIpc) is 3.28. The number of non-ortho nitro benzene ring substituents is 1. The minimum Gasteiger partial charge on any atom is -0.388 e. The summed E-state index contributed by atoms with van der Waals surface area (Å²) >= 11 is 1.46. The number of benzene rings is 1. The molecule has 22 heavy (non-hydrogen) atoms. The highest BCUT2D eigenvalue weighted by atomic mass is 32.2. The van der Waals surface area contributed by atoms with Gasteiger partial charge in [0.05, 0.1) is 11.0 Å². The largest absolute Gasteiger partial charge is 0.388 e. The van der Waals surface area contributed by atoms with Gasteiger partial charge in [0.25, 0.3) is 5.69 Å². The van der Waals surface area contributed by atoms with E-state index in [4.69, 9.17) is 0 Å². The Morgan fingerprint density at radius 1 is 1.41 bits per heavy atom. The van der Waals surface area contributed by atoms with Crippen LogP contribution in [0.15, 0.2) is 29.4 Å². The Morgan fingerprint density at radius 3 is 2.68 bits per heavy atom. The zero-order chi connectivity index (χ0) is 15.7. The first-order valence-electron chi connectivity index (χ1n) is 7.03. The lowest BCUT2D eigenvalue weighted by Crippen LogP contribution is -2.04. The van der Waals surface area contributed by atoms with Crippen LogP contribution in [0.1, 0.15) is 36.4 Å². The summed E-state index contributed by atoms with van der Waals surface area (Å²) in [5.74, 6) is 1.33. The van der Waals surface area contributed by atoms with Gasteiger partial charge in [-0.1, -0.05) is 11.8 Å². The summed E-state index contributed by atoms with van der Waals surface area (Å²) < 4.78 is 2.12. The average molecular weight is 320 g/mol. The molecule has 0 radical (unpaired) electrons. The maximum absolute atomic E-state index is 10.6. The zero-order valence-corrected chi connectivity index (χ0v) is 12.9. The number of aryl methyl sites for hydroxylation is 1. The molecule has 1 aromatic heterocycles. The van der Waals surface area contributed by atoms with E-state index in [1.165, 1.54) is 23.9 Å². The summed E-state index contributed by atoms with van der Waals surface area (Å²) in [5, 5.41) is 29.9. The van der Waals surface area contributed by atoms with Gasteiger partial charge in [0.15, 0.2) is 5.16 Å². The molecule has 1 aromatic carbocycles. The third kappa shape index (κ3) is 3.12. The van der Waals surface area contributed by atoms with Crippen molar-refractivity contribution in [3.05, 3.63) is 45.8 Å². The van der Waals surface area contributed by atoms with Crippen LogP contribution in [0.25, 0.3) is 0 Å². The highest BCUT2D eigenvalue weighted by Crippen LogP contribution is 2.39. The SMILES string of the molecule is Cc1nnc(SC[C@H](O)c2ccc([N+](=O)[O-])cc2)n1C1CC1. The number of nitro benzene ring substituents is 1. The molecule has 1 saturated carbocycles. The fourth-order valence-electron chi connectivity index (χ4n) is 2.27. The lowest BCUT2D eigenvalue weighted by atomic mass is 10.1. The van der Waals surface area contributed by atoms with Crippen LogP contribution < -0.4 is 0 Å². The number of hydrogen-bond acceptors (Lipinski definition) is 6. The van der Waals surface area contributed by atoms with E-state index in [1.807, 2.05) is 6.92 Å². The van der Waals surface area contributed by atoms with E-state index in [0.717, 1.165) is 23.8 Å². The topological polar surface area (TPSA) is 94.1 Å². The van der Waals surface area contributed by atoms with Gasteiger partial charge in [-0.15, -0.1) is 10.2 Å². The third-order valence-corrected chi connectivity index (χ3v) is 4.62. The van der Waals surface area contributed by atoms with Crippen molar-refractivity contribution in [2.24, 2.45) is 0 Å². The molecule has 0 saturated heterocycles. The monoisotopic (exact) mass is 320 g/mol. The minimum absolute atomic E-state index is 0.0210. The van der Waals surface area contributed by atoms with Gasteiger partial charge >= 0.3 is 0 Å². The molecule has 0 aliphatic heterocycles. The highest BCUT2D eigenvalue weighted by molar-refractivity contribution is 7.99. The molecule has 0 amide bonds. The van der Waals surface area contributed by atoms with Crippen molar-refractivity contribution in [2.75, 3.05) is 5.75 Å². The number of aliphatic hydroxyl groups excluding tert-OH is 1. The molecule has 1 heterocycles. The molecule has 116 valence electrons. The second kappa shape index (κ2) is 6.05. The quantitative estimate of drug-likeness (QED) is 0.499. The normalized spacial score (nSPS) is 15.7. The van der Waals surface area contributed by atoms with Crippen LogP contribution in [0.4, 0.5) is 5.69 Å². The number of hydrogen-bond donors (Lipinski definition) is 1. The highest BCUT2D eigenvalue weighted by Gasteiger charge is 2.28. The van der Waals surface area contributed by atoms with Crippen LogP contribution in [-0.4, -0.2) is 30.5 Å². The maximum atomic E-state index is 10.6. The molecule has 1 aliphatic carbocycles. The molecule has 1 atom stereocenters. The van der Waals surface area contributed by atoms with Crippen molar-refractivity contribution >= 4 is 17.4 Å². The van der Waals surface area contributed by atoms with Crippen LogP contribution in [0.2, 0.25) is 0 Å². The van der Waals surface area contributed by atoms with E-state index >= 15 is 0 Å². The van der Waals surface area contributed by atoms with Crippen LogP contribution in [0, 0.1) is 17.0 Å². The van der Waals surface area contributed by atoms with Crippen LogP contribution >= 0.6 is 11.8 Å². The van der Waals surface area contributed by atoms with Crippen LogP contribution in [0.5, 0.6) is 0 Å². The molecule has 8 heteroatoms. The van der Waals surface area contributed by atoms with Gasteiger partial charge in [0.1, 0.15) is 5.82 Å². The smallest absolute Gasteiger partial charge is 0.269 e. The fraction of sp³-hybridized carbons (Fsp3) is 0.429. The Balaban J connectivity index is 1.64. The van der Waals surface area contributed by atoms with E-state index in [0.29, 0.717) is 17.4 Å². The first kappa shape index (κ1) is 15.0. The first-order chi connectivity index (χ1) is 10.6. The summed E-state index contributed by atoms with van der Waals surface area (Å²) in [6.45, 7) is 1.93. The zero-order valence-electron chi connectivity index (χ0n) is 12.0. The van der Waals surface area contributed by atoms with Gasteiger partial charge in [0.2, 0.25) is 0 Å². The van der Waals surface area contributed by atoms with E-state index in [1.54, 1.807) is 12.1 Å². The number of thioether (sulfide) groups is 1. The Kier molecular flexibility index (Phi) is 4.12. The summed E-state index contributed by atoms with van der Waals surface area (Å²) in [5.41, 5.74) is 0.681. The summed E-state index contributed by atoms with van der Waals surface area (Å²) in [6, 6.07) is 6.47. The lowest BCUT2D eigenvalue weighted by molar-refractivity contribution is -0.384. The predicted molar refractivity (Wildman–Crippen MR) is 81.8 cm³/mol. The molecule has 2 aromatic rings. The summed E-state index contributed by atoms with van der Waals surface area (Å²) in [7, 11) is 0. The summed E-state index contributed by atoms with van der Waals surface area (Å²) in [6.07, 6.45) is 1.60. The minimum atomic E-state index is -0.699. The molecule has 1 aliphatic rings. The van der Waals surface area contributed by atoms with Gasteiger partial charge in [-0.3, -0.25) is 10.1 Å². The number of rotatable bonds is 6. The number of nitro groups is 1. The molecule has 7 nitrogen and oxygen atoms in total. The Morgan fingerprint density at radius 2 is 2.09 bits per heavy atom. The molecular weight excluding hydrogens is 304 g/mol. The van der Waals surface area contributed by atoms with Crippen LogP contribution in [-0.2, 0) is 0 Å². The second-order valence-electron chi connectivity index (χ2n) is 5.31. The second-order valence-corrected chi connectivity index (χ2v) is 6.29. The van der Waals surface area contributed by atoms with Crippen molar-refractivity contribution in [3.8, 4) is 0 Å². The van der Waals surface area contributed by atoms with Crippen molar-refractivity contribution in [1.29, 1.82) is 0 Å². The predicted octanol–water partition coefficient (Wildman–Crippen LogP) is 2.66. The van der Waals surface area contributed by atoms with Crippen molar-refractivity contribution < 1.29 is 10.0 Å². The third-order valence-electron chi connectivity index (χ3n) is 3.61. The van der Waals surface area contributed by atoms with Gasteiger partial charge in [0, 0.05) is 23.9 Å². The van der Waals surface area contributed by atoms with Crippen molar-refractivity contribution in [2.45, 2.75) is 37.1 Å².